The maximum Gasteiger partial charge on any atom is 0.318 e. The van der Waals surface area contributed by atoms with E-state index in [4.69, 9.17) is 0 Å². The van der Waals surface area contributed by atoms with Gasteiger partial charge in [0.2, 0.25) is 0 Å². The molecule has 32 heavy (non-hydrogen) atoms. The summed E-state index contributed by atoms with van der Waals surface area (Å²) in [6, 6.07) is 20.8. The second kappa shape index (κ2) is 8.89. The van der Waals surface area contributed by atoms with Crippen molar-refractivity contribution in [3.05, 3.63) is 105 Å². The lowest BCUT2D eigenvalue weighted by Crippen LogP contribution is -2.27. The highest BCUT2D eigenvalue weighted by Gasteiger charge is 2.29. The Morgan fingerprint density at radius 2 is 1.84 bits per heavy atom. The van der Waals surface area contributed by atoms with Crippen molar-refractivity contribution in [2.24, 2.45) is 0 Å². The zero-order chi connectivity index (χ0) is 22.7. The molecule has 1 atom stereocenters. The number of non-ortho nitro benzene ring substituents is 1. The second-order valence-electron chi connectivity index (χ2n) is 7.70. The molecule has 3 aromatic carbocycles. The van der Waals surface area contributed by atoms with Gasteiger partial charge in [0.1, 0.15) is 0 Å². The maximum atomic E-state index is 12.5. The summed E-state index contributed by atoms with van der Waals surface area (Å²) in [6.45, 7) is 2.93. The highest BCUT2D eigenvalue weighted by Crippen LogP contribution is 2.24. The Morgan fingerprint density at radius 3 is 2.50 bits per heavy atom. The fourth-order valence-corrected chi connectivity index (χ4v) is 3.71. The van der Waals surface area contributed by atoms with Crippen molar-refractivity contribution in [3.63, 3.8) is 0 Å². The number of urea groups is 1. The van der Waals surface area contributed by atoms with Crippen LogP contribution in [0.5, 0.6) is 0 Å². The van der Waals surface area contributed by atoms with Crippen LogP contribution in [0.3, 0.4) is 0 Å². The van der Waals surface area contributed by atoms with Gasteiger partial charge >= 0.3 is 6.03 Å². The lowest BCUT2D eigenvalue weighted by Gasteiger charge is -2.16. The molecule has 0 aliphatic carbocycles. The molecule has 1 fully saturated rings. The SMILES string of the molecule is Cc1cc(CN2C[C@H](c3ccccc3)NC2=O)ccc1NC(=O)c1ccc([N+](=O)[O-])cc1. The van der Waals surface area contributed by atoms with E-state index in [0.29, 0.717) is 24.3 Å². The van der Waals surface area contributed by atoms with E-state index in [1.165, 1.54) is 24.3 Å². The molecule has 1 aliphatic heterocycles. The number of nitrogens with one attached hydrogen (secondary N) is 2. The van der Waals surface area contributed by atoms with Crippen molar-refractivity contribution in [2.45, 2.75) is 19.5 Å². The van der Waals surface area contributed by atoms with Crippen molar-refractivity contribution < 1.29 is 14.5 Å². The molecule has 0 unspecified atom stereocenters. The molecule has 3 amide bonds. The molecule has 1 aliphatic rings. The zero-order valence-electron chi connectivity index (χ0n) is 17.4. The van der Waals surface area contributed by atoms with E-state index in [-0.39, 0.29) is 23.7 Å². The van der Waals surface area contributed by atoms with Gasteiger partial charge in [-0.15, -0.1) is 0 Å². The number of nitrogens with zero attached hydrogens (tertiary/aromatic N) is 2. The van der Waals surface area contributed by atoms with E-state index >= 15 is 0 Å². The fourth-order valence-electron chi connectivity index (χ4n) is 3.71. The number of nitro groups is 1. The van der Waals surface area contributed by atoms with Crippen molar-refractivity contribution in [3.8, 4) is 0 Å². The van der Waals surface area contributed by atoms with Gasteiger partial charge < -0.3 is 15.5 Å². The highest BCUT2D eigenvalue weighted by atomic mass is 16.6. The standard InChI is InChI=1S/C24H22N4O4/c1-16-13-17(14-27-15-22(26-24(27)30)18-5-3-2-4-6-18)7-12-21(16)25-23(29)19-8-10-20(11-9-19)28(31)32/h2-13,22H,14-15H2,1H3,(H,25,29)(H,26,30)/t22-/m1/s1. The van der Waals surface area contributed by atoms with Crippen LogP contribution in [0.1, 0.15) is 33.1 Å². The molecular weight excluding hydrogens is 408 g/mol. The van der Waals surface area contributed by atoms with Gasteiger partial charge in [-0.1, -0.05) is 42.5 Å². The highest BCUT2D eigenvalue weighted by molar-refractivity contribution is 6.04. The summed E-state index contributed by atoms with van der Waals surface area (Å²) in [5.41, 5.74) is 3.80. The Bertz CT molecular complexity index is 1160. The average Bonchev–Trinajstić information content (AvgIpc) is 3.16. The average molecular weight is 430 g/mol. The summed E-state index contributed by atoms with van der Waals surface area (Å²) in [5, 5.41) is 16.6. The van der Waals surface area contributed by atoms with Gasteiger partial charge in [0.15, 0.2) is 0 Å². The molecule has 2 N–H and O–H groups in total. The lowest BCUT2D eigenvalue weighted by atomic mass is 10.1. The quantitative estimate of drug-likeness (QED) is 0.446. The van der Waals surface area contributed by atoms with Gasteiger partial charge in [0, 0.05) is 36.5 Å². The third-order valence-corrected chi connectivity index (χ3v) is 5.44. The molecule has 0 radical (unpaired) electrons. The van der Waals surface area contributed by atoms with Crippen LogP contribution in [0.15, 0.2) is 72.8 Å². The Balaban J connectivity index is 1.40. The summed E-state index contributed by atoms with van der Waals surface area (Å²) in [6.07, 6.45) is 0. The number of anilines is 1. The summed E-state index contributed by atoms with van der Waals surface area (Å²) >= 11 is 0. The molecule has 8 nitrogen and oxygen atoms in total. The molecule has 4 rings (SSSR count). The predicted octanol–water partition coefficient (Wildman–Crippen LogP) is 4.42. The molecule has 0 spiro atoms. The molecule has 3 aromatic rings. The van der Waals surface area contributed by atoms with E-state index in [9.17, 15) is 19.7 Å². The topological polar surface area (TPSA) is 105 Å². The molecule has 0 bridgehead atoms. The Kier molecular flexibility index (Phi) is 5.85. The Hall–Kier alpha value is -4.20. The third-order valence-electron chi connectivity index (χ3n) is 5.44. The van der Waals surface area contributed by atoms with E-state index in [1.807, 2.05) is 49.4 Å². The van der Waals surface area contributed by atoms with Crippen LogP contribution in [0.2, 0.25) is 0 Å². The number of amides is 3. The van der Waals surface area contributed by atoms with Crippen LogP contribution in [0, 0.1) is 17.0 Å². The van der Waals surface area contributed by atoms with Gasteiger partial charge in [-0.25, -0.2) is 4.79 Å². The number of hydrogen-bond donors (Lipinski definition) is 2. The predicted molar refractivity (Wildman–Crippen MR) is 120 cm³/mol. The Morgan fingerprint density at radius 1 is 1.12 bits per heavy atom. The van der Waals surface area contributed by atoms with Gasteiger partial charge in [-0.05, 0) is 41.8 Å². The number of aryl methyl sites for hydroxylation is 1. The van der Waals surface area contributed by atoms with Crippen molar-refractivity contribution >= 4 is 23.3 Å². The second-order valence-corrected chi connectivity index (χ2v) is 7.70. The molecule has 1 saturated heterocycles. The number of nitro benzene ring substituents is 1. The first-order valence-electron chi connectivity index (χ1n) is 10.2. The van der Waals surface area contributed by atoms with Gasteiger partial charge in [-0.2, -0.15) is 0 Å². The van der Waals surface area contributed by atoms with Crippen LogP contribution in [0.25, 0.3) is 0 Å². The van der Waals surface area contributed by atoms with Crippen molar-refractivity contribution in [1.82, 2.24) is 10.2 Å². The molecule has 1 heterocycles. The van der Waals surface area contributed by atoms with E-state index in [0.717, 1.165) is 16.7 Å². The summed E-state index contributed by atoms with van der Waals surface area (Å²) in [7, 11) is 0. The number of hydrogen-bond acceptors (Lipinski definition) is 4. The lowest BCUT2D eigenvalue weighted by molar-refractivity contribution is -0.384. The van der Waals surface area contributed by atoms with Gasteiger partial charge in [0.25, 0.3) is 11.6 Å². The first-order valence-corrected chi connectivity index (χ1v) is 10.2. The number of carbonyl (C=O) groups is 2. The van der Waals surface area contributed by atoms with Crippen LogP contribution in [0.4, 0.5) is 16.2 Å². The molecule has 162 valence electrons. The number of rotatable bonds is 6. The normalized spacial score (nSPS) is 15.3. The third kappa shape index (κ3) is 4.59. The number of carbonyl (C=O) groups excluding carboxylic acids is 2. The minimum absolute atomic E-state index is 0.0370. The fraction of sp³-hybridized carbons (Fsp3) is 0.167. The van der Waals surface area contributed by atoms with Crippen LogP contribution >= 0.6 is 0 Å². The maximum absolute atomic E-state index is 12.5. The van der Waals surface area contributed by atoms with Crippen molar-refractivity contribution in [1.29, 1.82) is 0 Å². The first-order chi connectivity index (χ1) is 15.4. The van der Waals surface area contributed by atoms with Gasteiger partial charge in [-0.3, -0.25) is 14.9 Å². The molecule has 0 saturated carbocycles. The number of benzene rings is 3. The monoisotopic (exact) mass is 430 g/mol. The summed E-state index contributed by atoms with van der Waals surface area (Å²) < 4.78 is 0. The van der Waals surface area contributed by atoms with Gasteiger partial charge in [0.05, 0.1) is 11.0 Å². The van der Waals surface area contributed by atoms with E-state index in [1.54, 1.807) is 11.0 Å². The van der Waals surface area contributed by atoms with E-state index < -0.39 is 4.92 Å². The minimum Gasteiger partial charge on any atom is -0.329 e. The molecular formula is C24H22N4O4. The first kappa shape index (κ1) is 21.0. The smallest absolute Gasteiger partial charge is 0.318 e. The van der Waals surface area contributed by atoms with Crippen molar-refractivity contribution in [2.75, 3.05) is 11.9 Å². The van der Waals surface area contributed by atoms with Crippen LogP contribution in [-0.4, -0.2) is 28.3 Å². The Labute approximate surface area is 185 Å². The minimum atomic E-state index is -0.507. The van der Waals surface area contributed by atoms with Crippen LogP contribution in [-0.2, 0) is 6.54 Å². The zero-order valence-corrected chi connectivity index (χ0v) is 17.4. The molecule has 0 aromatic heterocycles. The van der Waals surface area contributed by atoms with E-state index in [2.05, 4.69) is 10.6 Å². The van der Waals surface area contributed by atoms with Crippen LogP contribution < -0.4 is 10.6 Å². The summed E-state index contributed by atoms with van der Waals surface area (Å²) in [5.74, 6) is -0.347. The molecule has 8 heteroatoms. The largest absolute Gasteiger partial charge is 0.329 e. The summed E-state index contributed by atoms with van der Waals surface area (Å²) in [4.78, 5) is 36.9.